The third-order valence-electron chi connectivity index (χ3n) is 2.63. The SMILES string of the molecule is NCCN1CCCCC1CCO. The second-order valence-corrected chi connectivity index (χ2v) is 3.49. The van der Waals surface area contributed by atoms with E-state index in [4.69, 9.17) is 10.8 Å². The van der Waals surface area contributed by atoms with Gasteiger partial charge < -0.3 is 10.8 Å². The maximum Gasteiger partial charge on any atom is 0.0445 e. The average Bonchev–Trinajstić information content (AvgIpc) is 2.09. The lowest BCUT2D eigenvalue weighted by Crippen LogP contribution is -2.42. The number of nitrogens with zero attached hydrogens (tertiary/aromatic N) is 1. The number of nitrogens with two attached hydrogens (primary N) is 1. The Kier molecular flexibility index (Phi) is 4.58. The molecule has 12 heavy (non-hydrogen) atoms. The van der Waals surface area contributed by atoms with Crippen LogP contribution < -0.4 is 5.73 Å². The molecule has 0 radical (unpaired) electrons. The molecule has 0 spiro atoms. The van der Waals surface area contributed by atoms with Crippen molar-refractivity contribution in [3.05, 3.63) is 0 Å². The van der Waals surface area contributed by atoms with Crippen LogP contribution in [0.25, 0.3) is 0 Å². The molecular weight excluding hydrogens is 152 g/mol. The van der Waals surface area contributed by atoms with Crippen LogP contribution >= 0.6 is 0 Å². The number of hydrogen-bond donors (Lipinski definition) is 2. The highest BCUT2D eigenvalue weighted by Crippen LogP contribution is 2.18. The van der Waals surface area contributed by atoms with Gasteiger partial charge in [0, 0.05) is 25.7 Å². The van der Waals surface area contributed by atoms with E-state index < -0.39 is 0 Å². The van der Waals surface area contributed by atoms with E-state index in [1.54, 1.807) is 0 Å². The second-order valence-electron chi connectivity index (χ2n) is 3.49. The molecule has 1 fully saturated rings. The van der Waals surface area contributed by atoms with Crippen LogP contribution in [0.2, 0.25) is 0 Å². The van der Waals surface area contributed by atoms with Gasteiger partial charge in [0.1, 0.15) is 0 Å². The van der Waals surface area contributed by atoms with Gasteiger partial charge >= 0.3 is 0 Å². The van der Waals surface area contributed by atoms with E-state index in [2.05, 4.69) is 4.90 Å². The van der Waals surface area contributed by atoms with Gasteiger partial charge in [-0.05, 0) is 25.8 Å². The molecule has 3 N–H and O–H groups in total. The highest BCUT2D eigenvalue weighted by molar-refractivity contribution is 4.76. The molecule has 3 heteroatoms. The van der Waals surface area contributed by atoms with Crippen molar-refractivity contribution < 1.29 is 5.11 Å². The maximum atomic E-state index is 8.85. The minimum atomic E-state index is 0.311. The molecule has 0 aromatic carbocycles. The van der Waals surface area contributed by atoms with Gasteiger partial charge in [-0.15, -0.1) is 0 Å². The van der Waals surface area contributed by atoms with Crippen molar-refractivity contribution >= 4 is 0 Å². The molecular formula is C9H20N2O. The molecule has 1 aliphatic rings. The minimum absolute atomic E-state index is 0.311. The van der Waals surface area contributed by atoms with Crippen molar-refractivity contribution in [3.63, 3.8) is 0 Å². The monoisotopic (exact) mass is 172 g/mol. The smallest absolute Gasteiger partial charge is 0.0445 e. The first-order valence-corrected chi connectivity index (χ1v) is 4.93. The lowest BCUT2D eigenvalue weighted by molar-refractivity contribution is 0.123. The van der Waals surface area contributed by atoms with Gasteiger partial charge in [0.25, 0.3) is 0 Å². The van der Waals surface area contributed by atoms with E-state index in [0.717, 1.165) is 19.5 Å². The molecule has 1 heterocycles. The van der Waals surface area contributed by atoms with Crippen LogP contribution in [0, 0.1) is 0 Å². The summed E-state index contributed by atoms with van der Waals surface area (Å²) in [7, 11) is 0. The summed E-state index contributed by atoms with van der Waals surface area (Å²) in [6.45, 7) is 3.21. The third kappa shape index (κ3) is 2.73. The summed E-state index contributed by atoms with van der Waals surface area (Å²) in [4.78, 5) is 2.42. The molecule has 0 aromatic rings. The van der Waals surface area contributed by atoms with E-state index in [0.29, 0.717) is 12.6 Å². The Labute approximate surface area is 74.5 Å². The molecule has 72 valence electrons. The Morgan fingerprint density at radius 3 is 2.92 bits per heavy atom. The second kappa shape index (κ2) is 5.51. The fourth-order valence-electron chi connectivity index (χ4n) is 2.00. The first-order valence-electron chi connectivity index (χ1n) is 4.93. The molecule has 0 aliphatic carbocycles. The van der Waals surface area contributed by atoms with Crippen molar-refractivity contribution in [3.8, 4) is 0 Å². The van der Waals surface area contributed by atoms with Gasteiger partial charge in [0.15, 0.2) is 0 Å². The molecule has 0 bridgehead atoms. The largest absolute Gasteiger partial charge is 0.396 e. The molecule has 1 aliphatic heterocycles. The van der Waals surface area contributed by atoms with Crippen LogP contribution in [0.15, 0.2) is 0 Å². The standard InChI is InChI=1S/C9H20N2O/c10-5-7-11-6-2-1-3-9(11)4-8-12/h9,12H,1-8,10H2. The number of hydrogen-bond acceptors (Lipinski definition) is 3. The fraction of sp³-hybridized carbons (Fsp3) is 1.00. The highest BCUT2D eigenvalue weighted by Gasteiger charge is 2.20. The lowest BCUT2D eigenvalue weighted by atomic mass is 10.00. The Morgan fingerprint density at radius 2 is 2.25 bits per heavy atom. The van der Waals surface area contributed by atoms with Crippen molar-refractivity contribution in [1.29, 1.82) is 0 Å². The number of piperidine rings is 1. The normalized spacial score (nSPS) is 26.0. The Bertz CT molecular complexity index is 101. The van der Waals surface area contributed by atoms with Crippen LogP contribution in [0.1, 0.15) is 25.7 Å². The molecule has 1 atom stereocenters. The molecule has 1 rings (SSSR count). The van der Waals surface area contributed by atoms with Gasteiger partial charge in [-0.2, -0.15) is 0 Å². The number of likely N-dealkylation sites (tertiary alicyclic amines) is 1. The quantitative estimate of drug-likeness (QED) is 0.636. The molecule has 0 aromatic heterocycles. The minimum Gasteiger partial charge on any atom is -0.396 e. The average molecular weight is 172 g/mol. The van der Waals surface area contributed by atoms with Crippen molar-refractivity contribution in [2.24, 2.45) is 5.73 Å². The van der Waals surface area contributed by atoms with Crippen molar-refractivity contribution in [2.75, 3.05) is 26.2 Å². The summed E-state index contributed by atoms with van der Waals surface area (Å²) in [6, 6.07) is 0.590. The lowest BCUT2D eigenvalue weighted by Gasteiger charge is -2.35. The summed E-state index contributed by atoms with van der Waals surface area (Å²) in [6.07, 6.45) is 4.76. The van der Waals surface area contributed by atoms with E-state index in [-0.39, 0.29) is 0 Å². The van der Waals surface area contributed by atoms with Gasteiger partial charge in [0.2, 0.25) is 0 Å². The van der Waals surface area contributed by atoms with Gasteiger partial charge in [-0.25, -0.2) is 0 Å². The van der Waals surface area contributed by atoms with Crippen LogP contribution in [0.3, 0.4) is 0 Å². The van der Waals surface area contributed by atoms with Crippen LogP contribution in [-0.2, 0) is 0 Å². The van der Waals surface area contributed by atoms with Gasteiger partial charge in [0.05, 0.1) is 0 Å². The first kappa shape index (κ1) is 9.96. The Morgan fingerprint density at radius 1 is 1.42 bits per heavy atom. The number of aliphatic hydroxyl groups is 1. The molecule has 0 amide bonds. The van der Waals surface area contributed by atoms with Gasteiger partial charge in [-0.1, -0.05) is 6.42 Å². The molecule has 1 saturated heterocycles. The zero-order chi connectivity index (χ0) is 8.81. The molecule has 3 nitrogen and oxygen atoms in total. The fourth-order valence-corrected chi connectivity index (χ4v) is 2.00. The van der Waals surface area contributed by atoms with Crippen molar-refractivity contribution in [2.45, 2.75) is 31.7 Å². The van der Waals surface area contributed by atoms with E-state index in [1.165, 1.54) is 25.8 Å². The molecule has 1 unspecified atom stereocenters. The Hall–Kier alpha value is -0.120. The zero-order valence-corrected chi connectivity index (χ0v) is 7.71. The summed E-state index contributed by atoms with van der Waals surface area (Å²) >= 11 is 0. The van der Waals surface area contributed by atoms with Crippen molar-refractivity contribution in [1.82, 2.24) is 4.90 Å². The van der Waals surface area contributed by atoms with Gasteiger partial charge in [-0.3, -0.25) is 4.90 Å². The molecule has 0 saturated carbocycles. The van der Waals surface area contributed by atoms with E-state index in [1.807, 2.05) is 0 Å². The topological polar surface area (TPSA) is 49.5 Å². The zero-order valence-electron chi connectivity index (χ0n) is 7.71. The summed E-state index contributed by atoms with van der Waals surface area (Å²) < 4.78 is 0. The van der Waals surface area contributed by atoms with Crippen LogP contribution in [-0.4, -0.2) is 42.3 Å². The summed E-state index contributed by atoms with van der Waals surface area (Å²) in [5, 5.41) is 8.85. The van der Waals surface area contributed by atoms with Crippen LogP contribution in [0.5, 0.6) is 0 Å². The van der Waals surface area contributed by atoms with E-state index in [9.17, 15) is 0 Å². The number of aliphatic hydroxyl groups excluding tert-OH is 1. The first-order chi connectivity index (χ1) is 5.88. The van der Waals surface area contributed by atoms with E-state index >= 15 is 0 Å². The third-order valence-corrected chi connectivity index (χ3v) is 2.63. The summed E-state index contributed by atoms with van der Waals surface area (Å²) in [5.41, 5.74) is 5.51. The highest BCUT2D eigenvalue weighted by atomic mass is 16.3. The number of rotatable bonds is 4. The summed E-state index contributed by atoms with van der Waals surface area (Å²) in [5.74, 6) is 0. The predicted molar refractivity (Wildman–Crippen MR) is 50.0 cm³/mol. The van der Waals surface area contributed by atoms with Crippen LogP contribution in [0.4, 0.5) is 0 Å². The predicted octanol–water partition coefficient (Wildman–Crippen LogP) is 0.182. The maximum absolute atomic E-state index is 8.85. The Balaban J connectivity index is 2.31.